The maximum Gasteiger partial charge on any atom is 0.128 e. The van der Waals surface area contributed by atoms with Gasteiger partial charge in [-0.2, -0.15) is 0 Å². The molecule has 0 aliphatic heterocycles. The number of nitrogens with one attached hydrogen (secondary N) is 1. The van der Waals surface area contributed by atoms with Crippen molar-refractivity contribution in [3.8, 4) is 0 Å². The monoisotopic (exact) mass is 304 g/mol. The molecule has 1 atom stereocenters. The quantitative estimate of drug-likeness (QED) is 0.849. The van der Waals surface area contributed by atoms with Crippen molar-refractivity contribution in [3.63, 3.8) is 0 Å². The number of pyridine rings is 1. The summed E-state index contributed by atoms with van der Waals surface area (Å²) >= 11 is 1.69. The van der Waals surface area contributed by atoms with E-state index in [1.807, 2.05) is 13.1 Å². The summed E-state index contributed by atoms with van der Waals surface area (Å²) in [5.74, 6) is 0.989. The van der Waals surface area contributed by atoms with Gasteiger partial charge in [-0.25, -0.2) is 9.97 Å². The first-order chi connectivity index (χ1) is 10.1. The molecule has 0 amide bonds. The highest BCUT2D eigenvalue weighted by Crippen LogP contribution is 2.19. The lowest BCUT2D eigenvalue weighted by atomic mass is 10.1. The van der Waals surface area contributed by atoms with Crippen LogP contribution in [0.2, 0.25) is 0 Å². The van der Waals surface area contributed by atoms with Crippen LogP contribution in [0.3, 0.4) is 0 Å². The van der Waals surface area contributed by atoms with E-state index in [1.165, 1.54) is 5.56 Å². The Labute approximate surface area is 131 Å². The molecule has 0 radical (unpaired) electrons. The zero-order valence-corrected chi connectivity index (χ0v) is 14.1. The van der Waals surface area contributed by atoms with Crippen molar-refractivity contribution >= 4 is 17.2 Å². The molecule has 0 bridgehead atoms. The Morgan fingerprint density at radius 2 is 2.24 bits per heavy atom. The summed E-state index contributed by atoms with van der Waals surface area (Å²) < 4.78 is 0. The number of hydrogen-bond acceptors (Lipinski definition) is 5. The van der Waals surface area contributed by atoms with Crippen molar-refractivity contribution in [1.29, 1.82) is 0 Å². The molecule has 0 fully saturated rings. The van der Waals surface area contributed by atoms with Crippen LogP contribution in [-0.4, -0.2) is 23.6 Å². The minimum Gasteiger partial charge on any atom is -0.354 e. The number of anilines is 1. The number of hydrogen-bond donors (Lipinski definition) is 1. The molecule has 0 saturated carbocycles. The molecule has 2 heterocycles. The van der Waals surface area contributed by atoms with Gasteiger partial charge in [0.25, 0.3) is 0 Å². The van der Waals surface area contributed by atoms with Crippen molar-refractivity contribution in [1.82, 2.24) is 15.3 Å². The molecule has 21 heavy (non-hydrogen) atoms. The second kappa shape index (κ2) is 7.52. The highest BCUT2D eigenvalue weighted by atomic mass is 32.1. The van der Waals surface area contributed by atoms with E-state index in [-0.39, 0.29) is 0 Å². The zero-order valence-electron chi connectivity index (χ0n) is 13.3. The van der Waals surface area contributed by atoms with E-state index in [4.69, 9.17) is 0 Å². The fourth-order valence-electron chi connectivity index (χ4n) is 2.20. The molecule has 0 saturated heterocycles. The van der Waals surface area contributed by atoms with Crippen LogP contribution in [-0.2, 0) is 6.54 Å². The van der Waals surface area contributed by atoms with Gasteiger partial charge in [-0.3, -0.25) is 0 Å². The number of rotatable bonds is 7. The maximum absolute atomic E-state index is 4.51. The molecule has 0 aliphatic rings. The van der Waals surface area contributed by atoms with Crippen LogP contribution in [0, 0.1) is 6.92 Å². The molecular weight excluding hydrogens is 280 g/mol. The van der Waals surface area contributed by atoms with Crippen molar-refractivity contribution in [3.05, 3.63) is 40.0 Å². The Balaban J connectivity index is 2.05. The van der Waals surface area contributed by atoms with Gasteiger partial charge >= 0.3 is 0 Å². The summed E-state index contributed by atoms with van der Waals surface area (Å²) in [6, 6.07) is 4.59. The summed E-state index contributed by atoms with van der Waals surface area (Å²) in [5, 5.41) is 6.73. The Hall–Kier alpha value is -1.46. The molecule has 2 aromatic heterocycles. The summed E-state index contributed by atoms with van der Waals surface area (Å²) in [5.41, 5.74) is 2.37. The number of nitrogens with zero attached hydrogens (tertiary/aromatic N) is 3. The molecule has 0 aliphatic carbocycles. The van der Waals surface area contributed by atoms with Gasteiger partial charge in [0.05, 0.1) is 17.2 Å². The average molecular weight is 304 g/mol. The van der Waals surface area contributed by atoms with Gasteiger partial charge in [0.2, 0.25) is 0 Å². The molecule has 4 nitrogen and oxygen atoms in total. The van der Waals surface area contributed by atoms with E-state index in [1.54, 1.807) is 11.3 Å². The van der Waals surface area contributed by atoms with E-state index >= 15 is 0 Å². The largest absolute Gasteiger partial charge is 0.354 e. The van der Waals surface area contributed by atoms with Crippen LogP contribution in [0.15, 0.2) is 23.7 Å². The first-order valence-electron chi connectivity index (χ1n) is 7.41. The van der Waals surface area contributed by atoms with Gasteiger partial charge in [0, 0.05) is 24.7 Å². The molecule has 0 spiro atoms. The van der Waals surface area contributed by atoms with E-state index in [0.29, 0.717) is 6.04 Å². The predicted molar refractivity (Wildman–Crippen MR) is 89.9 cm³/mol. The molecule has 2 rings (SSSR count). The van der Waals surface area contributed by atoms with E-state index in [0.717, 1.165) is 36.0 Å². The van der Waals surface area contributed by atoms with Crippen LogP contribution in [0.25, 0.3) is 0 Å². The van der Waals surface area contributed by atoms with Crippen LogP contribution in [0.4, 0.5) is 5.82 Å². The van der Waals surface area contributed by atoms with Crippen molar-refractivity contribution in [2.45, 2.75) is 39.8 Å². The van der Waals surface area contributed by atoms with Crippen molar-refractivity contribution < 1.29 is 0 Å². The third-order valence-corrected chi connectivity index (χ3v) is 4.25. The highest BCUT2D eigenvalue weighted by molar-refractivity contribution is 7.09. The molecule has 1 unspecified atom stereocenters. The van der Waals surface area contributed by atoms with Gasteiger partial charge in [-0.05, 0) is 44.5 Å². The van der Waals surface area contributed by atoms with Gasteiger partial charge in [-0.15, -0.1) is 11.3 Å². The fraction of sp³-hybridized carbons (Fsp3) is 0.500. The third kappa shape index (κ3) is 4.51. The van der Waals surface area contributed by atoms with Crippen LogP contribution >= 0.6 is 11.3 Å². The second-order valence-corrected chi connectivity index (χ2v) is 6.40. The lowest BCUT2D eigenvalue weighted by Crippen LogP contribution is -2.21. The van der Waals surface area contributed by atoms with E-state index < -0.39 is 0 Å². The maximum atomic E-state index is 4.51. The van der Waals surface area contributed by atoms with Gasteiger partial charge < -0.3 is 10.2 Å². The summed E-state index contributed by atoms with van der Waals surface area (Å²) in [6.45, 7) is 8.23. The normalized spacial score (nSPS) is 12.4. The standard InChI is InChI=1S/C16H24N4S/c1-5-7-17-12(2)14-6-8-18-16(9-14)20(4)10-15-11-21-13(3)19-15/h6,8-9,11-12,17H,5,7,10H2,1-4H3. The Bertz CT molecular complexity index is 567. The molecule has 0 aromatic carbocycles. The first kappa shape index (κ1) is 15.9. The average Bonchev–Trinajstić information content (AvgIpc) is 2.90. The molecule has 1 N–H and O–H groups in total. The summed E-state index contributed by atoms with van der Waals surface area (Å²) in [7, 11) is 2.06. The van der Waals surface area contributed by atoms with Crippen molar-refractivity contribution in [2.24, 2.45) is 0 Å². The highest BCUT2D eigenvalue weighted by Gasteiger charge is 2.09. The van der Waals surface area contributed by atoms with Gasteiger partial charge in [0.1, 0.15) is 5.82 Å². The molecule has 114 valence electrons. The van der Waals surface area contributed by atoms with E-state index in [2.05, 4.69) is 58.6 Å². The Morgan fingerprint density at radius 1 is 1.43 bits per heavy atom. The van der Waals surface area contributed by atoms with Crippen LogP contribution < -0.4 is 10.2 Å². The summed E-state index contributed by atoms with van der Waals surface area (Å²) in [4.78, 5) is 11.1. The predicted octanol–water partition coefficient (Wildman–Crippen LogP) is 3.54. The fourth-order valence-corrected chi connectivity index (χ4v) is 2.80. The summed E-state index contributed by atoms with van der Waals surface area (Å²) in [6.07, 6.45) is 3.03. The lowest BCUT2D eigenvalue weighted by Gasteiger charge is -2.20. The van der Waals surface area contributed by atoms with Crippen LogP contribution in [0.5, 0.6) is 0 Å². The topological polar surface area (TPSA) is 41.1 Å². The third-order valence-electron chi connectivity index (χ3n) is 3.43. The number of aromatic nitrogens is 2. The minimum absolute atomic E-state index is 0.349. The van der Waals surface area contributed by atoms with Gasteiger partial charge in [0.15, 0.2) is 0 Å². The molecular formula is C16H24N4S. The SMILES string of the molecule is CCCNC(C)c1ccnc(N(C)Cc2csc(C)n2)c1. The van der Waals surface area contributed by atoms with Gasteiger partial charge in [-0.1, -0.05) is 6.92 Å². The first-order valence-corrected chi connectivity index (χ1v) is 8.29. The minimum atomic E-state index is 0.349. The number of thiazole rings is 1. The smallest absolute Gasteiger partial charge is 0.128 e. The number of aryl methyl sites for hydroxylation is 1. The lowest BCUT2D eigenvalue weighted by molar-refractivity contribution is 0.570. The molecule has 2 aromatic rings. The Kier molecular flexibility index (Phi) is 5.70. The second-order valence-electron chi connectivity index (χ2n) is 5.34. The Morgan fingerprint density at radius 3 is 2.90 bits per heavy atom. The zero-order chi connectivity index (χ0) is 15.2. The molecule has 5 heteroatoms. The van der Waals surface area contributed by atoms with Crippen LogP contribution in [0.1, 0.15) is 42.6 Å². The van der Waals surface area contributed by atoms with Crippen molar-refractivity contribution in [2.75, 3.05) is 18.5 Å². The van der Waals surface area contributed by atoms with E-state index in [9.17, 15) is 0 Å².